The van der Waals surface area contributed by atoms with Crippen LogP contribution in [0.25, 0.3) is 21.9 Å². The Balaban J connectivity index is 0.000000360. The highest BCUT2D eigenvalue weighted by atomic mass is 19.4. The lowest BCUT2D eigenvalue weighted by atomic mass is 10.2. The van der Waals surface area contributed by atoms with E-state index in [2.05, 4.69) is 26.9 Å². The van der Waals surface area contributed by atoms with E-state index in [0.29, 0.717) is 12.2 Å². The second kappa shape index (κ2) is 9.61. The first kappa shape index (κ1) is 23.6. The fourth-order valence-corrected chi connectivity index (χ4v) is 3.72. The maximum Gasteiger partial charge on any atom is 0.490 e. The summed E-state index contributed by atoms with van der Waals surface area (Å²) in [4.78, 5) is 23.9. The number of aryl methyl sites for hydroxylation is 2. The van der Waals surface area contributed by atoms with Gasteiger partial charge in [0.25, 0.3) is 5.91 Å². The van der Waals surface area contributed by atoms with Crippen LogP contribution in [0, 0.1) is 0 Å². The van der Waals surface area contributed by atoms with E-state index in [1.165, 1.54) is 10.9 Å². The van der Waals surface area contributed by atoms with E-state index in [1.54, 1.807) is 0 Å². The Morgan fingerprint density at radius 2 is 1.72 bits per heavy atom. The van der Waals surface area contributed by atoms with Gasteiger partial charge in [0.15, 0.2) is 0 Å². The number of benzene rings is 1. The Bertz CT molecular complexity index is 1110. The minimum absolute atomic E-state index is 0.0176. The standard InChI is InChI=1S/C19H24N4O2.C2HF3O2/c1-21-15-6-4-3-5-14(15)18-16(21)13-17(22(18)2)19(24)20-7-8-23-9-11-25-12-10-23;3-2(4,5)1(6)7/h3-6,13H,7-12H2,1-2H3,(H,20,24);(H,6,7). The SMILES string of the molecule is Cn1c(C(=O)NCCN2CCOCC2)cc2c1c1ccccc1n2C.O=C(O)C(F)(F)F. The summed E-state index contributed by atoms with van der Waals surface area (Å²) in [5.74, 6) is -2.77. The predicted octanol–water partition coefficient (Wildman–Crippen LogP) is 2.37. The van der Waals surface area contributed by atoms with Gasteiger partial charge in [0.1, 0.15) is 5.69 Å². The van der Waals surface area contributed by atoms with Crippen LogP contribution in [0.2, 0.25) is 0 Å². The summed E-state index contributed by atoms with van der Waals surface area (Å²) < 4.78 is 41.2. The second-order valence-electron chi connectivity index (χ2n) is 7.41. The molecule has 3 heterocycles. The molecule has 1 amide bonds. The number of carbonyl (C=O) groups is 2. The van der Waals surface area contributed by atoms with E-state index in [9.17, 15) is 18.0 Å². The molecule has 1 aliphatic heterocycles. The van der Waals surface area contributed by atoms with Gasteiger partial charge in [-0.2, -0.15) is 13.2 Å². The highest BCUT2D eigenvalue weighted by Crippen LogP contribution is 2.30. The van der Waals surface area contributed by atoms with Crippen LogP contribution in [0.4, 0.5) is 13.2 Å². The zero-order valence-corrected chi connectivity index (χ0v) is 17.8. The zero-order chi connectivity index (χ0) is 23.5. The van der Waals surface area contributed by atoms with Crippen molar-refractivity contribution in [3.05, 3.63) is 36.0 Å². The number of hydrogen-bond acceptors (Lipinski definition) is 4. The van der Waals surface area contributed by atoms with Crippen LogP contribution < -0.4 is 5.32 Å². The number of carbonyl (C=O) groups excluding carboxylic acids is 1. The van der Waals surface area contributed by atoms with Gasteiger partial charge in [0.2, 0.25) is 0 Å². The maximum atomic E-state index is 12.6. The zero-order valence-electron chi connectivity index (χ0n) is 17.8. The van der Waals surface area contributed by atoms with Crippen LogP contribution in [-0.4, -0.2) is 76.6 Å². The molecule has 1 saturated heterocycles. The third kappa shape index (κ3) is 5.05. The molecule has 11 heteroatoms. The summed E-state index contributed by atoms with van der Waals surface area (Å²) >= 11 is 0. The number of nitrogens with zero attached hydrogens (tertiary/aromatic N) is 3. The first-order valence-electron chi connectivity index (χ1n) is 10.0. The van der Waals surface area contributed by atoms with Crippen molar-refractivity contribution in [1.29, 1.82) is 0 Å². The van der Waals surface area contributed by atoms with Crippen molar-refractivity contribution in [3.63, 3.8) is 0 Å². The minimum Gasteiger partial charge on any atom is -0.475 e. The largest absolute Gasteiger partial charge is 0.490 e. The van der Waals surface area contributed by atoms with Gasteiger partial charge in [-0.05, 0) is 12.1 Å². The summed E-state index contributed by atoms with van der Waals surface area (Å²) in [6, 6.07) is 10.3. The molecule has 0 aliphatic carbocycles. The molecule has 1 aromatic carbocycles. The van der Waals surface area contributed by atoms with Gasteiger partial charge in [0.05, 0.1) is 29.8 Å². The normalized spacial score (nSPS) is 14.9. The number of fused-ring (bicyclic) bond motifs is 3. The lowest BCUT2D eigenvalue weighted by molar-refractivity contribution is -0.192. The maximum absolute atomic E-state index is 12.6. The molecule has 0 bridgehead atoms. The van der Waals surface area contributed by atoms with Gasteiger partial charge in [0, 0.05) is 45.7 Å². The number of ether oxygens (including phenoxy) is 1. The molecule has 2 aromatic heterocycles. The van der Waals surface area contributed by atoms with Gasteiger partial charge in [-0.3, -0.25) is 9.69 Å². The van der Waals surface area contributed by atoms with Crippen LogP contribution in [0.1, 0.15) is 10.5 Å². The van der Waals surface area contributed by atoms with E-state index < -0.39 is 12.1 Å². The van der Waals surface area contributed by atoms with Crippen LogP contribution in [0.5, 0.6) is 0 Å². The number of amides is 1. The number of morpholine rings is 1. The highest BCUT2D eigenvalue weighted by molar-refractivity contribution is 6.10. The summed E-state index contributed by atoms with van der Waals surface area (Å²) in [5.41, 5.74) is 4.08. The molecule has 8 nitrogen and oxygen atoms in total. The Morgan fingerprint density at radius 1 is 1.09 bits per heavy atom. The molecular weight excluding hydrogens is 429 g/mol. The third-order valence-electron chi connectivity index (χ3n) is 5.39. The first-order valence-corrected chi connectivity index (χ1v) is 10.0. The van der Waals surface area contributed by atoms with Crippen molar-refractivity contribution >= 4 is 33.8 Å². The number of nitrogens with one attached hydrogen (secondary N) is 1. The van der Waals surface area contributed by atoms with Crippen molar-refractivity contribution in [2.24, 2.45) is 14.1 Å². The average molecular weight is 454 g/mol. The summed E-state index contributed by atoms with van der Waals surface area (Å²) in [7, 11) is 4.01. The Hall–Kier alpha value is -3.05. The van der Waals surface area contributed by atoms with Gasteiger partial charge in [-0.15, -0.1) is 0 Å². The molecule has 4 rings (SSSR count). The summed E-state index contributed by atoms with van der Waals surface area (Å²) in [6.45, 7) is 4.96. The first-order chi connectivity index (χ1) is 15.1. The number of carboxylic acids is 1. The number of hydrogen-bond donors (Lipinski definition) is 2. The molecule has 0 unspecified atom stereocenters. The molecule has 0 spiro atoms. The van der Waals surface area contributed by atoms with E-state index >= 15 is 0 Å². The van der Waals surface area contributed by atoms with Crippen LogP contribution in [0.15, 0.2) is 30.3 Å². The fourth-order valence-electron chi connectivity index (χ4n) is 3.72. The summed E-state index contributed by atoms with van der Waals surface area (Å²) in [5, 5.41) is 11.4. The molecule has 174 valence electrons. The Morgan fingerprint density at radius 3 is 2.34 bits per heavy atom. The quantitative estimate of drug-likeness (QED) is 0.632. The molecule has 3 aromatic rings. The fraction of sp³-hybridized carbons (Fsp3) is 0.429. The van der Waals surface area contributed by atoms with Gasteiger partial charge in [-0.1, -0.05) is 18.2 Å². The number of carboxylic acid groups (broad SMARTS) is 1. The van der Waals surface area contributed by atoms with Crippen LogP contribution in [0.3, 0.4) is 0 Å². The monoisotopic (exact) mass is 454 g/mol. The minimum atomic E-state index is -5.08. The molecule has 2 N–H and O–H groups in total. The molecule has 32 heavy (non-hydrogen) atoms. The number of alkyl halides is 3. The van der Waals surface area contributed by atoms with Crippen molar-refractivity contribution in [2.45, 2.75) is 6.18 Å². The number of para-hydroxylation sites is 1. The van der Waals surface area contributed by atoms with E-state index in [-0.39, 0.29) is 5.91 Å². The Labute approximate surface area is 182 Å². The van der Waals surface area contributed by atoms with Crippen molar-refractivity contribution in [3.8, 4) is 0 Å². The average Bonchev–Trinajstić information content (AvgIpc) is 3.24. The van der Waals surface area contributed by atoms with E-state index in [4.69, 9.17) is 14.6 Å². The number of rotatable bonds is 4. The molecule has 0 radical (unpaired) electrons. The van der Waals surface area contributed by atoms with Crippen LogP contribution >= 0.6 is 0 Å². The highest BCUT2D eigenvalue weighted by Gasteiger charge is 2.38. The number of halogens is 3. The predicted molar refractivity (Wildman–Crippen MR) is 113 cm³/mol. The number of aliphatic carboxylic acids is 1. The lowest BCUT2D eigenvalue weighted by Crippen LogP contribution is -2.41. The van der Waals surface area contributed by atoms with Crippen molar-refractivity contribution in [1.82, 2.24) is 19.4 Å². The van der Waals surface area contributed by atoms with Crippen molar-refractivity contribution in [2.75, 3.05) is 39.4 Å². The smallest absolute Gasteiger partial charge is 0.475 e. The van der Waals surface area contributed by atoms with E-state index in [0.717, 1.165) is 43.9 Å². The van der Waals surface area contributed by atoms with Crippen LogP contribution in [-0.2, 0) is 23.6 Å². The summed E-state index contributed by atoms with van der Waals surface area (Å²) in [6.07, 6.45) is -5.08. The third-order valence-corrected chi connectivity index (χ3v) is 5.39. The van der Waals surface area contributed by atoms with E-state index in [1.807, 2.05) is 36.9 Å². The van der Waals surface area contributed by atoms with Crippen molar-refractivity contribution < 1.29 is 32.6 Å². The van der Waals surface area contributed by atoms with Gasteiger partial charge >= 0.3 is 12.1 Å². The molecule has 1 fully saturated rings. The Kier molecular flexibility index (Phi) is 7.09. The molecule has 1 aliphatic rings. The van der Waals surface area contributed by atoms with Gasteiger partial charge < -0.3 is 24.3 Å². The lowest BCUT2D eigenvalue weighted by Gasteiger charge is -2.26. The molecular formula is C21H25F3N4O4. The molecule has 0 saturated carbocycles. The number of aromatic nitrogens is 2. The topological polar surface area (TPSA) is 88.7 Å². The van der Waals surface area contributed by atoms with Gasteiger partial charge in [-0.25, -0.2) is 4.79 Å². The second-order valence-corrected chi connectivity index (χ2v) is 7.41. The molecule has 0 atom stereocenters.